The summed E-state index contributed by atoms with van der Waals surface area (Å²) in [5, 5.41) is 4.35. The maximum Gasteiger partial charge on any atom is 0.162 e. The molecule has 2 heterocycles. The molecule has 142 valence electrons. The van der Waals surface area contributed by atoms with E-state index in [2.05, 4.69) is 21.4 Å². The molecule has 4 rings (SSSR count). The van der Waals surface area contributed by atoms with Crippen LogP contribution in [-0.4, -0.2) is 31.3 Å². The highest BCUT2D eigenvalue weighted by Gasteiger charge is 2.12. The number of aromatic nitrogens is 2. The van der Waals surface area contributed by atoms with Crippen molar-refractivity contribution in [1.82, 2.24) is 9.97 Å². The van der Waals surface area contributed by atoms with Gasteiger partial charge in [-0.25, -0.2) is 4.98 Å². The van der Waals surface area contributed by atoms with Crippen LogP contribution in [0.1, 0.15) is 0 Å². The molecule has 6 nitrogen and oxygen atoms in total. The first-order valence-electron chi connectivity index (χ1n) is 8.83. The molecule has 0 aliphatic rings. The van der Waals surface area contributed by atoms with Crippen LogP contribution in [0.3, 0.4) is 0 Å². The third kappa shape index (κ3) is 3.20. The molecule has 0 atom stereocenters. The van der Waals surface area contributed by atoms with Crippen LogP contribution in [0.2, 0.25) is 0 Å². The molecule has 2 N–H and O–H groups in total. The van der Waals surface area contributed by atoms with E-state index in [0.29, 0.717) is 11.5 Å². The number of ether oxygens (including phenoxy) is 3. The fourth-order valence-corrected chi connectivity index (χ4v) is 3.22. The summed E-state index contributed by atoms with van der Waals surface area (Å²) in [6, 6.07) is 17.6. The van der Waals surface area contributed by atoms with Gasteiger partial charge in [0.1, 0.15) is 11.6 Å². The van der Waals surface area contributed by atoms with Crippen LogP contribution in [-0.2, 0) is 0 Å². The predicted molar refractivity (Wildman–Crippen MR) is 111 cm³/mol. The molecular formula is C22H21N3O3. The summed E-state index contributed by atoms with van der Waals surface area (Å²) in [4.78, 5) is 7.96. The van der Waals surface area contributed by atoms with E-state index in [1.807, 2.05) is 48.5 Å². The molecule has 6 heteroatoms. The molecular weight excluding hydrogens is 354 g/mol. The van der Waals surface area contributed by atoms with Gasteiger partial charge in [-0.1, -0.05) is 12.1 Å². The predicted octanol–water partition coefficient (Wildman–Crippen LogP) is 5.00. The average molecular weight is 375 g/mol. The van der Waals surface area contributed by atoms with Gasteiger partial charge in [-0.05, 0) is 36.4 Å². The van der Waals surface area contributed by atoms with E-state index >= 15 is 0 Å². The number of rotatable bonds is 6. The highest BCUT2D eigenvalue weighted by Crippen LogP contribution is 2.35. The van der Waals surface area contributed by atoms with Gasteiger partial charge in [-0.15, -0.1) is 0 Å². The standard InChI is InChI=1S/C22H21N3O3/c1-26-19-7-5-4-6-15(19)18-13-16-17(25-18)10-11-23-22(16)24-14-8-9-20(27-2)21(12-14)28-3/h4-13,25H,1-3H3,(H,23,24). The van der Waals surface area contributed by atoms with Crippen LogP contribution >= 0.6 is 0 Å². The number of para-hydroxylation sites is 1. The number of nitrogens with one attached hydrogen (secondary N) is 2. The summed E-state index contributed by atoms with van der Waals surface area (Å²) >= 11 is 0. The first-order chi connectivity index (χ1) is 13.7. The summed E-state index contributed by atoms with van der Waals surface area (Å²) in [5.74, 6) is 2.90. The van der Waals surface area contributed by atoms with Crippen molar-refractivity contribution in [1.29, 1.82) is 0 Å². The number of hydrogen-bond acceptors (Lipinski definition) is 5. The number of methoxy groups -OCH3 is 3. The number of fused-ring (bicyclic) bond motifs is 1. The first-order valence-corrected chi connectivity index (χ1v) is 8.83. The normalized spacial score (nSPS) is 10.7. The minimum Gasteiger partial charge on any atom is -0.496 e. The van der Waals surface area contributed by atoms with Gasteiger partial charge in [0.2, 0.25) is 0 Å². The van der Waals surface area contributed by atoms with E-state index in [4.69, 9.17) is 14.2 Å². The Morgan fingerprint density at radius 1 is 0.821 bits per heavy atom. The lowest BCUT2D eigenvalue weighted by Crippen LogP contribution is -1.96. The van der Waals surface area contributed by atoms with Crippen molar-refractivity contribution < 1.29 is 14.2 Å². The highest BCUT2D eigenvalue weighted by molar-refractivity contribution is 5.95. The topological polar surface area (TPSA) is 68.4 Å². The molecule has 0 spiro atoms. The molecule has 4 aromatic rings. The van der Waals surface area contributed by atoms with Crippen LogP contribution in [0.25, 0.3) is 22.2 Å². The fraction of sp³-hybridized carbons (Fsp3) is 0.136. The molecule has 0 amide bonds. The lowest BCUT2D eigenvalue weighted by Gasteiger charge is -2.11. The largest absolute Gasteiger partial charge is 0.496 e. The summed E-state index contributed by atoms with van der Waals surface area (Å²) < 4.78 is 16.2. The number of H-pyrrole nitrogens is 1. The lowest BCUT2D eigenvalue weighted by atomic mass is 10.1. The number of pyridine rings is 1. The summed E-state index contributed by atoms with van der Waals surface area (Å²) in [7, 11) is 4.91. The van der Waals surface area contributed by atoms with Crippen LogP contribution < -0.4 is 19.5 Å². The Bertz CT molecular complexity index is 1120. The molecule has 0 fully saturated rings. The Morgan fingerprint density at radius 3 is 2.39 bits per heavy atom. The van der Waals surface area contributed by atoms with Crippen molar-refractivity contribution >= 4 is 22.4 Å². The molecule has 28 heavy (non-hydrogen) atoms. The van der Waals surface area contributed by atoms with Crippen molar-refractivity contribution in [2.45, 2.75) is 0 Å². The smallest absolute Gasteiger partial charge is 0.162 e. The van der Waals surface area contributed by atoms with E-state index in [9.17, 15) is 0 Å². The molecule has 2 aromatic heterocycles. The first kappa shape index (κ1) is 17.7. The molecule has 0 aliphatic heterocycles. The Kier molecular flexibility index (Phi) is 4.76. The minimum absolute atomic E-state index is 0.656. The van der Waals surface area contributed by atoms with Gasteiger partial charge in [0, 0.05) is 28.9 Å². The third-order valence-corrected chi connectivity index (χ3v) is 4.59. The monoisotopic (exact) mass is 375 g/mol. The van der Waals surface area contributed by atoms with Crippen LogP contribution in [0, 0.1) is 0 Å². The van der Waals surface area contributed by atoms with E-state index in [1.165, 1.54) is 0 Å². The minimum atomic E-state index is 0.656. The summed E-state index contributed by atoms with van der Waals surface area (Å²) in [5.41, 5.74) is 3.81. The SMILES string of the molecule is COc1ccc(Nc2nccc3[nH]c(-c4ccccc4OC)cc23)cc1OC. The van der Waals surface area contributed by atoms with E-state index in [-0.39, 0.29) is 0 Å². The Hall–Kier alpha value is -3.67. The van der Waals surface area contributed by atoms with Crippen molar-refractivity contribution in [3.63, 3.8) is 0 Å². The van der Waals surface area contributed by atoms with Gasteiger partial charge in [-0.3, -0.25) is 0 Å². The van der Waals surface area contributed by atoms with Gasteiger partial charge in [0.05, 0.1) is 32.5 Å². The van der Waals surface area contributed by atoms with Gasteiger partial charge in [0.25, 0.3) is 0 Å². The van der Waals surface area contributed by atoms with E-state index in [0.717, 1.165) is 39.4 Å². The van der Waals surface area contributed by atoms with Crippen LogP contribution in [0.4, 0.5) is 11.5 Å². The molecule has 0 bridgehead atoms. The zero-order chi connectivity index (χ0) is 19.5. The summed E-state index contributed by atoms with van der Waals surface area (Å²) in [6.07, 6.45) is 1.77. The van der Waals surface area contributed by atoms with E-state index < -0.39 is 0 Å². The van der Waals surface area contributed by atoms with Gasteiger partial charge in [-0.2, -0.15) is 0 Å². The molecule has 0 unspecified atom stereocenters. The number of anilines is 2. The Morgan fingerprint density at radius 2 is 1.61 bits per heavy atom. The van der Waals surface area contributed by atoms with Crippen molar-refractivity contribution in [3.05, 3.63) is 60.8 Å². The molecule has 0 radical (unpaired) electrons. The maximum atomic E-state index is 5.49. The zero-order valence-corrected chi connectivity index (χ0v) is 15.9. The Balaban J connectivity index is 1.74. The van der Waals surface area contributed by atoms with Gasteiger partial charge >= 0.3 is 0 Å². The quantitative estimate of drug-likeness (QED) is 0.496. The number of hydrogen-bond donors (Lipinski definition) is 2. The van der Waals surface area contributed by atoms with Gasteiger partial charge in [0.15, 0.2) is 11.5 Å². The van der Waals surface area contributed by atoms with Crippen molar-refractivity contribution in [2.24, 2.45) is 0 Å². The fourth-order valence-electron chi connectivity index (χ4n) is 3.22. The van der Waals surface area contributed by atoms with Crippen LogP contribution in [0.5, 0.6) is 17.2 Å². The number of nitrogens with zero attached hydrogens (tertiary/aromatic N) is 1. The number of aromatic amines is 1. The molecule has 0 aliphatic carbocycles. The Labute approximate surface area is 163 Å². The van der Waals surface area contributed by atoms with Crippen molar-refractivity contribution in [3.8, 4) is 28.5 Å². The maximum absolute atomic E-state index is 5.49. The summed E-state index contributed by atoms with van der Waals surface area (Å²) in [6.45, 7) is 0. The second-order valence-electron chi connectivity index (χ2n) is 6.20. The molecule has 2 aromatic carbocycles. The van der Waals surface area contributed by atoms with Crippen molar-refractivity contribution in [2.75, 3.05) is 26.6 Å². The molecule has 0 saturated heterocycles. The average Bonchev–Trinajstić information content (AvgIpc) is 3.19. The lowest BCUT2D eigenvalue weighted by molar-refractivity contribution is 0.355. The third-order valence-electron chi connectivity index (χ3n) is 4.59. The number of benzene rings is 2. The second-order valence-corrected chi connectivity index (χ2v) is 6.20. The van der Waals surface area contributed by atoms with Gasteiger partial charge < -0.3 is 24.5 Å². The second kappa shape index (κ2) is 7.52. The van der Waals surface area contributed by atoms with E-state index in [1.54, 1.807) is 27.5 Å². The highest BCUT2D eigenvalue weighted by atomic mass is 16.5. The zero-order valence-electron chi connectivity index (χ0n) is 15.9. The molecule has 0 saturated carbocycles. The van der Waals surface area contributed by atoms with Crippen LogP contribution in [0.15, 0.2) is 60.8 Å².